The van der Waals surface area contributed by atoms with Crippen LogP contribution < -0.4 is 11.0 Å². The molecule has 3 aromatic heterocycles. The summed E-state index contributed by atoms with van der Waals surface area (Å²) in [5.74, 6) is 0. The van der Waals surface area contributed by atoms with Crippen LogP contribution in [-0.2, 0) is 0 Å². The third-order valence-electron chi connectivity index (χ3n) is 3.27. The van der Waals surface area contributed by atoms with Crippen molar-refractivity contribution in [3.8, 4) is 0 Å². The molecule has 0 fully saturated rings. The zero-order valence-electron chi connectivity index (χ0n) is 10.5. The molecule has 0 saturated carbocycles. The van der Waals surface area contributed by atoms with Gasteiger partial charge in [0.05, 0.1) is 16.2 Å². The maximum absolute atomic E-state index is 12.5. The third kappa shape index (κ3) is 1.71. The van der Waals surface area contributed by atoms with Crippen molar-refractivity contribution < 1.29 is 4.42 Å². The highest BCUT2D eigenvalue weighted by Gasteiger charge is 2.11. The number of benzene rings is 1. The highest BCUT2D eigenvalue weighted by atomic mass is 32.1. The Morgan fingerprint density at radius 3 is 2.71 bits per heavy atom. The maximum atomic E-state index is 12.5. The second-order valence-corrected chi connectivity index (χ2v) is 4.98. The lowest BCUT2D eigenvalue weighted by Crippen LogP contribution is -2.11. The number of aromatic amines is 2. The molecule has 2 N–H and O–H groups in total. The van der Waals surface area contributed by atoms with E-state index in [0.29, 0.717) is 11.0 Å². The Morgan fingerprint density at radius 1 is 1.05 bits per heavy atom. The van der Waals surface area contributed by atoms with Gasteiger partial charge in [0.2, 0.25) is 11.1 Å². The molecule has 0 aliphatic rings. The van der Waals surface area contributed by atoms with Gasteiger partial charge < -0.3 is 9.40 Å². The van der Waals surface area contributed by atoms with Crippen molar-refractivity contribution >= 4 is 45.3 Å². The zero-order valence-corrected chi connectivity index (χ0v) is 11.3. The summed E-state index contributed by atoms with van der Waals surface area (Å²) >= 11 is 4.91. The van der Waals surface area contributed by atoms with E-state index in [4.69, 9.17) is 16.6 Å². The van der Waals surface area contributed by atoms with Gasteiger partial charge in [-0.2, -0.15) is 4.98 Å². The number of aromatic nitrogens is 3. The summed E-state index contributed by atoms with van der Waals surface area (Å²) < 4.78 is 5.81. The molecule has 1 aromatic carbocycles. The first-order valence-corrected chi connectivity index (χ1v) is 6.53. The molecule has 3 heterocycles. The molecule has 0 spiro atoms. The summed E-state index contributed by atoms with van der Waals surface area (Å²) in [5, 5.41) is 0.974. The van der Waals surface area contributed by atoms with E-state index in [9.17, 15) is 9.59 Å². The number of hydrogen-bond donors (Lipinski definition) is 2. The molecule has 0 aliphatic heterocycles. The summed E-state index contributed by atoms with van der Waals surface area (Å²) in [4.78, 5) is 33.8. The lowest BCUT2D eigenvalue weighted by Gasteiger charge is -2.02. The van der Waals surface area contributed by atoms with E-state index in [1.807, 2.05) is 0 Å². The number of rotatable bonds is 0. The minimum atomic E-state index is -0.393. The van der Waals surface area contributed by atoms with Crippen LogP contribution in [0.5, 0.6) is 0 Å². The Bertz CT molecular complexity index is 1200. The average Bonchev–Trinajstić information content (AvgIpc) is 2.46. The van der Waals surface area contributed by atoms with E-state index in [-0.39, 0.29) is 32.3 Å². The smallest absolute Gasteiger partial charge is 0.261 e. The SMILES string of the molecule is O=c1[nH]c(=S)[nH]c2nc3oc4ccccc4c(=O)c3cc12. The van der Waals surface area contributed by atoms with Crippen molar-refractivity contribution in [1.82, 2.24) is 15.0 Å². The van der Waals surface area contributed by atoms with E-state index in [1.165, 1.54) is 6.07 Å². The highest BCUT2D eigenvalue weighted by Crippen LogP contribution is 2.18. The number of nitrogens with one attached hydrogen (secondary N) is 2. The second-order valence-electron chi connectivity index (χ2n) is 4.57. The molecule has 6 nitrogen and oxygen atoms in total. The number of H-pyrrole nitrogens is 2. The van der Waals surface area contributed by atoms with Crippen LogP contribution in [0.3, 0.4) is 0 Å². The molecule has 0 radical (unpaired) electrons. The van der Waals surface area contributed by atoms with Crippen LogP contribution in [0.2, 0.25) is 0 Å². The minimum absolute atomic E-state index is 0.169. The van der Waals surface area contributed by atoms with E-state index in [0.717, 1.165) is 0 Å². The zero-order chi connectivity index (χ0) is 14.6. The van der Waals surface area contributed by atoms with Gasteiger partial charge in [0, 0.05) is 0 Å². The monoisotopic (exact) mass is 297 g/mol. The first-order valence-electron chi connectivity index (χ1n) is 6.12. The van der Waals surface area contributed by atoms with Gasteiger partial charge in [0.25, 0.3) is 5.56 Å². The van der Waals surface area contributed by atoms with Crippen molar-refractivity contribution in [3.05, 3.63) is 55.7 Å². The molecular formula is C14H7N3O3S. The van der Waals surface area contributed by atoms with Crippen LogP contribution in [0.1, 0.15) is 0 Å². The molecule has 0 bridgehead atoms. The predicted molar refractivity (Wildman–Crippen MR) is 81.1 cm³/mol. The molecule has 0 unspecified atom stereocenters. The van der Waals surface area contributed by atoms with Crippen molar-refractivity contribution in [2.24, 2.45) is 0 Å². The summed E-state index contributed by atoms with van der Waals surface area (Å²) in [6.45, 7) is 0. The summed E-state index contributed by atoms with van der Waals surface area (Å²) in [6, 6.07) is 8.37. The number of nitrogens with zero attached hydrogens (tertiary/aromatic N) is 1. The van der Waals surface area contributed by atoms with Crippen LogP contribution in [0, 0.1) is 4.77 Å². The van der Waals surface area contributed by atoms with Crippen LogP contribution in [0.4, 0.5) is 0 Å². The van der Waals surface area contributed by atoms with Crippen molar-refractivity contribution in [2.45, 2.75) is 0 Å². The third-order valence-corrected chi connectivity index (χ3v) is 3.48. The van der Waals surface area contributed by atoms with Crippen molar-refractivity contribution in [2.75, 3.05) is 0 Å². The van der Waals surface area contributed by atoms with Gasteiger partial charge in [-0.25, -0.2) is 0 Å². The Labute approximate surface area is 121 Å². The largest absolute Gasteiger partial charge is 0.437 e. The van der Waals surface area contributed by atoms with Crippen LogP contribution in [0.25, 0.3) is 33.1 Å². The quantitative estimate of drug-likeness (QED) is 0.383. The van der Waals surface area contributed by atoms with Gasteiger partial charge in [0.1, 0.15) is 11.2 Å². The molecule has 0 atom stereocenters. The Morgan fingerprint density at radius 2 is 1.86 bits per heavy atom. The van der Waals surface area contributed by atoms with Gasteiger partial charge in [0.15, 0.2) is 4.77 Å². The van der Waals surface area contributed by atoms with Crippen LogP contribution in [0.15, 0.2) is 44.3 Å². The minimum Gasteiger partial charge on any atom is -0.437 e. The number of pyridine rings is 1. The number of para-hydroxylation sites is 1. The Balaban J connectivity index is 2.32. The van der Waals surface area contributed by atoms with Crippen molar-refractivity contribution in [1.29, 1.82) is 0 Å². The van der Waals surface area contributed by atoms with E-state index in [2.05, 4.69) is 15.0 Å². The molecule has 4 aromatic rings. The number of hydrogen-bond acceptors (Lipinski definition) is 5. The standard InChI is InChI=1S/C14H7N3O3S/c18-10-6-3-1-2-4-9(6)20-13-7(10)5-8-11(15-13)16-14(21)17-12(8)19/h1-5H,(H2,15,16,17,19,21). The molecule has 0 saturated heterocycles. The molecule has 0 aliphatic carbocycles. The van der Waals surface area contributed by atoms with Gasteiger partial charge in [-0.05, 0) is 30.4 Å². The highest BCUT2D eigenvalue weighted by molar-refractivity contribution is 7.71. The second kappa shape index (κ2) is 4.10. The molecule has 0 amide bonds. The average molecular weight is 297 g/mol. The predicted octanol–water partition coefficient (Wildman–Crippen LogP) is 2.24. The molecule has 4 rings (SSSR count). The Hall–Kier alpha value is -2.80. The summed E-state index contributed by atoms with van der Waals surface area (Å²) in [7, 11) is 0. The molecule has 21 heavy (non-hydrogen) atoms. The molecule has 102 valence electrons. The normalized spacial score (nSPS) is 11.4. The van der Waals surface area contributed by atoms with E-state index >= 15 is 0 Å². The lowest BCUT2D eigenvalue weighted by molar-refractivity contribution is 0.646. The number of fused-ring (bicyclic) bond motifs is 3. The van der Waals surface area contributed by atoms with Gasteiger partial charge >= 0.3 is 0 Å². The topological polar surface area (TPSA) is 91.8 Å². The maximum Gasteiger partial charge on any atom is 0.261 e. The first kappa shape index (κ1) is 12.0. The van der Waals surface area contributed by atoms with E-state index < -0.39 is 5.56 Å². The summed E-state index contributed by atoms with van der Waals surface area (Å²) in [5.41, 5.74) is 0.293. The fourth-order valence-corrected chi connectivity index (χ4v) is 2.50. The van der Waals surface area contributed by atoms with E-state index in [1.54, 1.807) is 24.3 Å². The molecular weight excluding hydrogens is 290 g/mol. The fourth-order valence-electron chi connectivity index (χ4n) is 2.31. The fraction of sp³-hybridized carbons (Fsp3) is 0. The van der Waals surface area contributed by atoms with Crippen molar-refractivity contribution in [3.63, 3.8) is 0 Å². The van der Waals surface area contributed by atoms with Crippen LogP contribution >= 0.6 is 12.2 Å². The summed E-state index contributed by atoms with van der Waals surface area (Å²) in [6.07, 6.45) is 0. The van der Waals surface area contributed by atoms with Gasteiger partial charge in [-0.15, -0.1) is 0 Å². The first-order chi connectivity index (χ1) is 10.1. The van der Waals surface area contributed by atoms with Gasteiger partial charge in [-0.3, -0.25) is 14.6 Å². The lowest BCUT2D eigenvalue weighted by atomic mass is 10.1. The molecule has 7 heteroatoms. The Kier molecular flexibility index (Phi) is 2.34. The van der Waals surface area contributed by atoms with Crippen LogP contribution in [-0.4, -0.2) is 15.0 Å². The van der Waals surface area contributed by atoms with Gasteiger partial charge in [-0.1, -0.05) is 12.1 Å².